The second-order valence-corrected chi connectivity index (χ2v) is 7.95. The molecule has 2 heterocycles. The van der Waals surface area contributed by atoms with E-state index < -0.39 is 5.92 Å². The molecule has 1 atom stereocenters. The van der Waals surface area contributed by atoms with Crippen molar-refractivity contribution >= 4 is 49.9 Å². The Balaban J connectivity index is 1.47. The summed E-state index contributed by atoms with van der Waals surface area (Å²) in [4.78, 5) is 32.6. The van der Waals surface area contributed by atoms with Crippen molar-refractivity contribution in [2.45, 2.75) is 25.7 Å². The Bertz CT molecular complexity index is 798. The first kappa shape index (κ1) is 15.8. The summed E-state index contributed by atoms with van der Waals surface area (Å²) in [6.07, 6.45) is 3.70. The first-order valence-corrected chi connectivity index (χ1v) is 9.60. The zero-order chi connectivity index (χ0) is 16.7. The molecule has 124 valence electrons. The molecule has 2 amide bonds. The smallest absolute Gasteiger partial charge is 0.239 e. The van der Waals surface area contributed by atoms with Gasteiger partial charge in [0.15, 0.2) is 5.13 Å². The maximum atomic E-state index is 12.7. The van der Waals surface area contributed by atoms with Gasteiger partial charge in [-0.15, -0.1) is 11.3 Å². The number of rotatable bonds is 3. The van der Waals surface area contributed by atoms with Gasteiger partial charge in [0.2, 0.25) is 11.8 Å². The van der Waals surface area contributed by atoms with Crippen molar-refractivity contribution in [1.29, 1.82) is 0 Å². The Morgan fingerprint density at radius 3 is 2.96 bits per heavy atom. The molecular weight excluding hydrogens is 390 g/mol. The van der Waals surface area contributed by atoms with E-state index in [-0.39, 0.29) is 11.8 Å². The SMILES string of the molecule is O=C(Nc1nc2c(s1)CCC2)C1CCN(c2ccccc2Br)C1=O. The molecule has 1 aliphatic carbocycles. The molecule has 4 rings (SSSR count). The minimum absolute atomic E-state index is 0.150. The fourth-order valence-corrected chi connectivity index (χ4v) is 4.82. The van der Waals surface area contributed by atoms with Crippen molar-refractivity contribution < 1.29 is 9.59 Å². The molecule has 1 unspecified atom stereocenters. The molecule has 2 aliphatic rings. The van der Waals surface area contributed by atoms with Crippen LogP contribution in [0.1, 0.15) is 23.4 Å². The molecule has 7 heteroatoms. The third kappa shape index (κ3) is 2.75. The number of anilines is 2. The summed E-state index contributed by atoms with van der Waals surface area (Å²) < 4.78 is 0.857. The molecule has 0 radical (unpaired) electrons. The van der Waals surface area contributed by atoms with Crippen LogP contribution in [0.5, 0.6) is 0 Å². The topological polar surface area (TPSA) is 62.3 Å². The molecule has 1 aliphatic heterocycles. The summed E-state index contributed by atoms with van der Waals surface area (Å²) >= 11 is 5.00. The molecule has 1 aromatic heterocycles. The number of nitrogens with zero attached hydrogens (tertiary/aromatic N) is 2. The lowest BCUT2D eigenvalue weighted by molar-refractivity contribution is -0.129. The minimum atomic E-state index is -0.643. The minimum Gasteiger partial charge on any atom is -0.311 e. The Morgan fingerprint density at radius 2 is 2.17 bits per heavy atom. The summed E-state index contributed by atoms with van der Waals surface area (Å²) in [5.74, 6) is -1.04. The van der Waals surface area contributed by atoms with Crippen LogP contribution in [-0.2, 0) is 22.4 Å². The first-order chi connectivity index (χ1) is 11.6. The van der Waals surface area contributed by atoms with Gasteiger partial charge >= 0.3 is 0 Å². The molecule has 0 saturated carbocycles. The number of hydrogen-bond acceptors (Lipinski definition) is 4. The maximum absolute atomic E-state index is 12.7. The number of thiazole rings is 1. The fraction of sp³-hybridized carbons (Fsp3) is 0.353. The molecule has 1 fully saturated rings. The lowest BCUT2D eigenvalue weighted by Crippen LogP contribution is -2.33. The Morgan fingerprint density at radius 1 is 1.33 bits per heavy atom. The van der Waals surface area contributed by atoms with Crippen LogP contribution in [0.25, 0.3) is 0 Å². The Labute approximate surface area is 152 Å². The number of aromatic nitrogens is 1. The highest BCUT2D eigenvalue weighted by Gasteiger charge is 2.38. The number of carbonyl (C=O) groups excluding carboxylic acids is 2. The van der Waals surface area contributed by atoms with Gasteiger partial charge in [-0.25, -0.2) is 4.98 Å². The quantitative estimate of drug-likeness (QED) is 0.795. The largest absolute Gasteiger partial charge is 0.311 e. The second kappa shape index (κ2) is 6.29. The Kier molecular flexibility index (Phi) is 4.14. The molecule has 1 saturated heterocycles. The van der Waals surface area contributed by atoms with Gasteiger partial charge in [-0.05, 0) is 53.7 Å². The van der Waals surface area contributed by atoms with E-state index in [2.05, 4.69) is 26.2 Å². The number of hydrogen-bond donors (Lipinski definition) is 1. The number of nitrogens with one attached hydrogen (secondary N) is 1. The van der Waals surface area contributed by atoms with E-state index in [1.165, 1.54) is 16.2 Å². The number of amides is 2. The number of aryl methyl sites for hydroxylation is 2. The van der Waals surface area contributed by atoms with Gasteiger partial charge in [0.1, 0.15) is 5.92 Å². The fourth-order valence-electron chi connectivity index (χ4n) is 3.27. The van der Waals surface area contributed by atoms with Crippen molar-refractivity contribution in [2.24, 2.45) is 5.92 Å². The van der Waals surface area contributed by atoms with E-state index in [0.29, 0.717) is 18.1 Å². The van der Waals surface area contributed by atoms with Gasteiger partial charge in [0, 0.05) is 15.9 Å². The predicted octanol–water partition coefficient (Wildman–Crippen LogP) is 3.39. The summed E-state index contributed by atoms with van der Waals surface area (Å²) in [6, 6.07) is 7.57. The number of fused-ring (bicyclic) bond motifs is 1. The summed E-state index contributed by atoms with van der Waals surface area (Å²) in [6.45, 7) is 0.550. The van der Waals surface area contributed by atoms with Gasteiger partial charge in [-0.3, -0.25) is 9.59 Å². The average molecular weight is 406 g/mol. The monoisotopic (exact) mass is 405 g/mol. The Hall–Kier alpha value is -1.73. The lowest BCUT2D eigenvalue weighted by atomic mass is 10.1. The number of para-hydroxylation sites is 1. The summed E-state index contributed by atoms with van der Waals surface area (Å²) in [7, 11) is 0. The van der Waals surface area contributed by atoms with Crippen LogP contribution >= 0.6 is 27.3 Å². The molecule has 1 N–H and O–H groups in total. The van der Waals surface area contributed by atoms with Crippen LogP contribution < -0.4 is 10.2 Å². The van der Waals surface area contributed by atoms with E-state index >= 15 is 0 Å². The maximum Gasteiger partial charge on any atom is 0.239 e. The van der Waals surface area contributed by atoms with Gasteiger partial charge in [0.05, 0.1) is 11.4 Å². The van der Waals surface area contributed by atoms with E-state index in [9.17, 15) is 9.59 Å². The van der Waals surface area contributed by atoms with E-state index in [4.69, 9.17) is 0 Å². The number of benzene rings is 1. The van der Waals surface area contributed by atoms with E-state index in [0.717, 1.165) is 35.1 Å². The molecule has 2 aromatic rings. The first-order valence-electron chi connectivity index (χ1n) is 7.99. The van der Waals surface area contributed by atoms with Crippen molar-refractivity contribution in [3.63, 3.8) is 0 Å². The third-order valence-corrected chi connectivity index (χ3v) is 6.23. The van der Waals surface area contributed by atoms with Gasteiger partial charge in [0.25, 0.3) is 0 Å². The van der Waals surface area contributed by atoms with Gasteiger partial charge in [-0.2, -0.15) is 0 Å². The normalized spacial score (nSPS) is 19.6. The van der Waals surface area contributed by atoms with Crippen molar-refractivity contribution in [3.05, 3.63) is 39.3 Å². The van der Waals surface area contributed by atoms with Crippen LogP contribution in [0.3, 0.4) is 0 Å². The van der Waals surface area contributed by atoms with Crippen LogP contribution in [0.15, 0.2) is 28.7 Å². The predicted molar refractivity (Wildman–Crippen MR) is 97.4 cm³/mol. The highest BCUT2D eigenvalue weighted by atomic mass is 79.9. The molecule has 0 spiro atoms. The van der Waals surface area contributed by atoms with Crippen molar-refractivity contribution in [3.8, 4) is 0 Å². The van der Waals surface area contributed by atoms with Crippen molar-refractivity contribution in [1.82, 2.24) is 4.98 Å². The van der Waals surface area contributed by atoms with Crippen LogP contribution in [0, 0.1) is 5.92 Å². The highest BCUT2D eigenvalue weighted by Crippen LogP contribution is 2.33. The molecule has 0 bridgehead atoms. The van der Waals surface area contributed by atoms with Gasteiger partial charge in [-0.1, -0.05) is 12.1 Å². The van der Waals surface area contributed by atoms with E-state index in [1.807, 2.05) is 24.3 Å². The number of carbonyl (C=O) groups is 2. The standard InChI is InChI=1S/C17H16BrN3O2S/c18-11-4-1-2-6-13(11)21-9-8-10(16(21)23)15(22)20-17-19-12-5-3-7-14(12)24-17/h1-2,4,6,10H,3,5,7-9H2,(H,19,20,22). The van der Waals surface area contributed by atoms with Crippen molar-refractivity contribution in [2.75, 3.05) is 16.8 Å². The zero-order valence-corrected chi connectivity index (χ0v) is 15.3. The molecular formula is C17H16BrN3O2S. The van der Waals surface area contributed by atoms with E-state index in [1.54, 1.807) is 4.90 Å². The molecule has 24 heavy (non-hydrogen) atoms. The van der Waals surface area contributed by atoms with Crippen LogP contribution in [0.4, 0.5) is 10.8 Å². The molecule has 5 nitrogen and oxygen atoms in total. The molecule has 1 aromatic carbocycles. The van der Waals surface area contributed by atoms with Gasteiger partial charge < -0.3 is 10.2 Å². The average Bonchev–Trinajstić information content (AvgIpc) is 3.22. The second-order valence-electron chi connectivity index (χ2n) is 6.01. The highest BCUT2D eigenvalue weighted by molar-refractivity contribution is 9.10. The lowest BCUT2D eigenvalue weighted by Gasteiger charge is -2.18. The third-order valence-electron chi connectivity index (χ3n) is 4.49. The summed E-state index contributed by atoms with van der Waals surface area (Å²) in [5.41, 5.74) is 1.91. The van der Waals surface area contributed by atoms with Crippen LogP contribution in [-0.4, -0.2) is 23.3 Å². The van der Waals surface area contributed by atoms with Crippen LogP contribution in [0.2, 0.25) is 0 Å². The number of halogens is 1. The summed E-state index contributed by atoms with van der Waals surface area (Å²) in [5, 5.41) is 3.46. The zero-order valence-electron chi connectivity index (χ0n) is 12.9.